The van der Waals surface area contributed by atoms with Crippen LogP contribution in [0.2, 0.25) is 0 Å². The molecule has 0 aliphatic rings. The summed E-state index contributed by atoms with van der Waals surface area (Å²) in [7, 11) is 0. The molecule has 0 aliphatic heterocycles. The average Bonchev–Trinajstić information content (AvgIpc) is 2.84. The molecule has 0 atom stereocenters. The van der Waals surface area contributed by atoms with Gasteiger partial charge in [-0.3, -0.25) is 4.79 Å². The van der Waals surface area contributed by atoms with Gasteiger partial charge in [0.05, 0.1) is 23.8 Å². The Bertz CT molecular complexity index is 838. The minimum Gasteiger partial charge on any atom is -0.494 e. The maximum Gasteiger partial charge on any atom is 0.343 e. The molecule has 26 heavy (non-hydrogen) atoms. The van der Waals surface area contributed by atoms with Gasteiger partial charge >= 0.3 is 5.97 Å². The number of hydrogen-bond donors (Lipinski definition) is 0. The van der Waals surface area contributed by atoms with Crippen molar-refractivity contribution in [2.45, 2.75) is 32.6 Å². The van der Waals surface area contributed by atoms with E-state index in [0.717, 1.165) is 12.8 Å². The maximum absolute atomic E-state index is 12.2. The maximum atomic E-state index is 12.2. The molecule has 5 heteroatoms. The Morgan fingerprint density at radius 3 is 2.42 bits per heavy atom. The number of unbranched alkanes of at least 4 members (excludes halogenated alkanes) is 3. The van der Waals surface area contributed by atoms with E-state index in [2.05, 4.69) is 6.92 Å². The molecule has 0 N–H and O–H groups in total. The Balaban J connectivity index is 1.97. The van der Waals surface area contributed by atoms with Crippen molar-refractivity contribution in [3.8, 4) is 17.6 Å². The van der Waals surface area contributed by atoms with E-state index in [4.69, 9.17) is 14.7 Å². The van der Waals surface area contributed by atoms with Gasteiger partial charge in [-0.15, -0.1) is 0 Å². The summed E-state index contributed by atoms with van der Waals surface area (Å²) < 4.78 is 10.8. The smallest absolute Gasteiger partial charge is 0.343 e. The topological polar surface area (TPSA) is 76.4 Å². The van der Waals surface area contributed by atoms with Gasteiger partial charge < -0.3 is 9.47 Å². The standard InChI is InChI=1S/C21H21NO4/c1-2-3-4-5-14-25-18-10-8-17(9-11-18)21(24)26-20-13-7-16(15-22)6-12-19(20)23/h6-13H,2-5,14H2,1H3. The summed E-state index contributed by atoms with van der Waals surface area (Å²) >= 11 is 0. The normalized spacial score (nSPS) is 10.0. The molecule has 2 aromatic rings. The number of ether oxygens (including phenoxy) is 2. The molecule has 0 bridgehead atoms. The molecule has 0 spiro atoms. The van der Waals surface area contributed by atoms with Crippen molar-refractivity contribution < 1.29 is 14.3 Å². The first-order valence-corrected chi connectivity index (χ1v) is 8.63. The fourth-order valence-corrected chi connectivity index (χ4v) is 2.27. The van der Waals surface area contributed by atoms with E-state index in [1.165, 1.54) is 37.1 Å². The molecule has 0 unspecified atom stereocenters. The van der Waals surface area contributed by atoms with Crippen LogP contribution in [0.5, 0.6) is 11.5 Å². The van der Waals surface area contributed by atoms with Crippen molar-refractivity contribution in [1.29, 1.82) is 5.26 Å². The Morgan fingerprint density at radius 2 is 1.73 bits per heavy atom. The quantitative estimate of drug-likeness (QED) is 0.529. The molecule has 0 saturated heterocycles. The second-order valence-corrected chi connectivity index (χ2v) is 5.79. The highest BCUT2D eigenvalue weighted by atomic mass is 16.5. The molecule has 0 heterocycles. The lowest BCUT2D eigenvalue weighted by Gasteiger charge is -2.07. The van der Waals surface area contributed by atoms with Crippen LogP contribution in [-0.4, -0.2) is 12.6 Å². The highest BCUT2D eigenvalue weighted by molar-refractivity contribution is 5.91. The Kier molecular flexibility index (Phi) is 7.38. The van der Waals surface area contributed by atoms with Gasteiger partial charge in [-0.05, 0) is 55.0 Å². The number of esters is 1. The second-order valence-electron chi connectivity index (χ2n) is 5.79. The summed E-state index contributed by atoms with van der Waals surface area (Å²) in [6, 6.07) is 13.9. The van der Waals surface area contributed by atoms with Gasteiger partial charge in [0.15, 0.2) is 5.75 Å². The molecule has 0 fully saturated rings. The van der Waals surface area contributed by atoms with Crippen molar-refractivity contribution in [1.82, 2.24) is 0 Å². The van der Waals surface area contributed by atoms with Gasteiger partial charge in [0, 0.05) is 0 Å². The summed E-state index contributed by atoms with van der Waals surface area (Å²) in [4.78, 5) is 24.1. The van der Waals surface area contributed by atoms with E-state index in [1.54, 1.807) is 24.3 Å². The number of benzene rings is 1. The number of nitrogens with zero attached hydrogens (tertiary/aromatic N) is 1. The summed E-state index contributed by atoms with van der Waals surface area (Å²) in [5, 5.41) is 8.85. The number of nitriles is 1. The van der Waals surface area contributed by atoms with Gasteiger partial charge in [0.2, 0.25) is 5.43 Å². The molecule has 0 saturated carbocycles. The predicted molar refractivity (Wildman–Crippen MR) is 98.5 cm³/mol. The lowest BCUT2D eigenvalue weighted by Crippen LogP contribution is -2.13. The minimum atomic E-state index is -0.638. The van der Waals surface area contributed by atoms with Crippen LogP contribution in [0.4, 0.5) is 0 Å². The van der Waals surface area contributed by atoms with Crippen LogP contribution >= 0.6 is 0 Å². The lowest BCUT2D eigenvalue weighted by molar-refractivity contribution is 0.0733. The molecule has 2 aromatic carbocycles. The van der Waals surface area contributed by atoms with Crippen molar-refractivity contribution in [3.63, 3.8) is 0 Å². The third-order valence-electron chi connectivity index (χ3n) is 3.76. The molecule has 0 radical (unpaired) electrons. The molecule has 0 aliphatic carbocycles. The van der Waals surface area contributed by atoms with Gasteiger partial charge in [0.25, 0.3) is 0 Å². The zero-order chi connectivity index (χ0) is 18.8. The fraction of sp³-hybridized carbons (Fsp3) is 0.286. The highest BCUT2D eigenvalue weighted by Gasteiger charge is 2.10. The summed E-state index contributed by atoms with van der Waals surface area (Å²) in [5.74, 6) is -0.0682. The van der Waals surface area contributed by atoms with Crippen molar-refractivity contribution in [2.75, 3.05) is 6.61 Å². The SMILES string of the molecule is CCCCCCOc1ccc(C(=O)Oc2ccc(C#N)ccc2=O)cc1. The number of carbonyl (C=O) groups is 1. The van der Waals surface area contributed by atoms with Crippen LogP contribution in [0.3, 0.4) is 0 Å². The Hall–Kier alpha value is -3.13. The molecule has 5 nitrogen and oxygen atoms in total. The fourth-order valence-electron chi connectivity index (χ4n) is 2.27. The van der Waals surface area contributed by atoms with Crippen LogP contribution in [0.25, 0.3) is 0 Å². The molecule has 2 rings (SSSR count). The molecule has 0 aromatic heterocycles. The Morgan fingerprint density at radius 1 is 1.00 bits per heavy atom. The van der Waals surface area contributed by atoms with Gasteiger partial charge in [0.1, 0.15) is 5.75 Å². The molecular weight excluding hydrogens is 330 g/mol. The number of rotatable bonds is 8. The van der Waals surface area contributed by atoms with E-state index in [1.807, 2.05) is 6.07 Å². The number of carbonyl (C=O) groups excluding carboxylic acids is 1. The van der Waals surface area contributed by atoms with Crippen LogP contribution in [-0.2, 0) is 0 Å². The van der Waals surface area contributed by atoms with Crippen LogP contribution < -0.4 is 14.9 Å². The van der Waals surface area contributed by atoms with Crippen LogP contribution in [0, 0.1) is 11.3 Å². The zero-order valence-electron chi connectivity index (χ0n) is 14.7. The van der Waals surface area contributed by atoms with Gasteiger partial charge in [-0.1, -0.05) is 26.2 Å². The summed E-state index contributed by atoms with van der Waals surface area (Å²) in [5.41, 5.74) is 0.159. The summed E-state index contributed by atoms with van der Waals surface area (Å²) in [6.45, 7) is 2.80. The monoisotopic (exact) mass is 351 g/mol. The summed E-state index contributed by atoms with van der Waals surface area (Å²) in [6.07, 6.45) is 4.52. The zero-order valence-corrected chi connectivity index (χ0v) is 14.7. The van der Waals surface area contributed by atoms with Crippen LogP contribution in [0.15, 0.2) is 53.3 Å². The largest absolute Gasteiger partial charge is 0.494 e. The third kappa shape index (κ3) is 5.75. The van der Waals surface area contributed by atoms with Gasteiger partial charge in [-0.25, -0.2) is 4.79 Å². The first kappa shape index (κ1) is 19.2. The van der Waals surface area contributed by atoms with E-state index < -0.39 is 11.4 Å². The second kappa shape index (κ2) is 10.00. The molecule has 0 amide bonds. The highest BCUT2D eigenvalue weighted by Crippen LogP contribution is 2.15. The predicted octanol–water partition coefficient (Wildman–Crippen LogP) is 4.10. The first-order chi connectivity index (χ1) is 12.6. The average molecular weight is 351 g/mol. The lowest BCUT2D eigenvalue weighted by atomic mass is 10.2. The molecular formula is C21H21NO4. The van der Waals surface area contributed by atoms with Crippen molar-refractivity contribution in [2.24, 2.45) is 0 Å². The van der Waals surface area contributed by atoms with E-state index in [-0.39, 0.29) is 5.75 Å². The number of hydrogen-bond acceptors (Lipinski definition) is 5. The molecule has 134 valence electrons. The third-order valence-corrected chi connectivity index (χ3v) is 3.76. The van der Waals surface area contributed by atoms with Gasteiger partial charge in [-0.2, -0.15) is 5.26 Å². The van der Waals surface area contributed by atoms with E-state index >= 15 is 0 Å². The first-order valence-electron chi connectivity index (χ1n) is 8.63. The van der Waals surface area contributed by atoms with E-state index in [0.29, 0.717) is 23.5 Å². The van der Waals surface area contributed by atoms with Crippen molar-refractivity contribution in [3.05, 3.63) is 69.9 Å². The Labute approximate surface area is 152 Å². The minimum absolute atomic E-state index is 0.118. The van der Waals surface area contributed by atoms with E-state index in [9.17, 15) is 9.59 Å². The van der Waals surface area contributed by atoms with Crippen LogP contribution in [0.1, 0.15) is 48.5 Å². The van der Waals surface area contributed by atoms with Crippen molar-refractivity contribution >= 4 is 5.97 Å².